The number of amides is 1. The Morgan fingerprint density at radius 1 is 1.38 bits per heavy atom. The molecule has 1 aliphatic heterocycles. The summed E-state index contributed by atoms with van der Waals surface area (Å²) in [5.74, 6) is -2.34. The van der Waals surface area contributed by atoms with Crippen LogP contribution in [-0.4, -0.2) is 31.9 Å². The summed E-state index contributed by atoms with van der Waals surface area (Å²) in [6, 6.07) is 6.36. The molecule has 1 saturated heterocycles. The lowest BCUT2D eigenvalue weighted by molar-refractivity contribution is -0.125. The zero-order chi connectivity index (χ0) is 15.4. The highest BCUT2D eigenvalue weighted by Crippen LogP contribution is 2.26. The second kappa shape index (κ2) is 7.34. The molecule has 1 heterocycles. The van der Waals surface area contributed by atoms with E-state index in [4.69, 9.17) is 24.4 Å². The Labute approximate surface area is 139 Å². The molecule has 2 rings (SSSR count). The van der Waals surface area contributed by atoms with E-state index in [1.165, 1.54) is 16.8 Å². The lowest BCUT2D eigenvalue weighted by Crippen LogP contribution is -2.46. The van der Waals surface area contributed by atoms with Crippen LogP contribution in [-0.2, 0) is 4.79 Å². The van der Waals surface area contributed by atoms with Crippen molar-refractivity contribution in [3.63, 3.8) is 0 Å². The summed E-state index contributed by atoms with van der Waals surface area (Å²) < 4.78 is 24.8. The summed E-state index contributed by atoms with van der Waals surface area (Å²) in [7, 11) is 0. The van der Waals surface area contributed by atoms with E-state index in [0.717, 1.165) is 0 Å². The Bertz CT molecular complexity index is 551. The maximum Gasteiger partial charge on any atom is 0.288 e. The summed E-state index contributed by atoms with van der Waals surface area (Å²) in [5.41, 5.74) is 3.31. The van der Waals surface area contributed by atoms with Crippen LogP contribution in [0.2, 0.25) is 0 Å². The minimum Gasteiger partial charge on any atom is -0.331 e. The highest BCUT2D eigenvalue weighted by molar-refractivity contribution is 8.23. The average molecular weight is 365 g/mol. The highest BCUT2D eigenvalue weighted by atomic mass is 32.2. The Kier molecular flexibility index (Phi) is 5.73. The molecule has 112 valence electrons. The second-order valence-electron chi connectivity index (χ2n) is 3.75. The number of carbonyl (C=O) groups excluding carboxylic acids is 1. The van der Waals surface area contributed by atoms with E-state index in [0.29, 0.717) is 26.7 Å². The quantitative estimate of drug-likeness (QED) is 0.628. The fraction of sp³-hybridized carbons (Fsp3) is 0.182. The molecule has 0 aromatic heterocycles. The largest absolute Gasteiger partial charge is 0.331 e. The Morgan fingerprint density at radius 2 is 2.05 bits per heavy atom. The van der Waals surface area contributed by atoms with Crippen molar-refractivity contribution < 1.29 is 13.6 Å². The van der Waals surface area contributed by atoms with E-state index in [1.807, 2.05) is 0 Å². The van der Waals surface area contributed by atoms with Crippen LogP contribution in [0.4, 0.5) is 14.5 Å². The number of alkyl halides is 2. The van der Waals surface area contributed by atoms with Crippen LogP contribution in [0.3, 0.4) is 0 Å². The van der Waals surface area contributed by atoms with Gasteiger partial charge in [-0.1, -0.05) is 35.7 Å². The van der Waals surface area contributed by atoms with E-state index >= 15 is 0 Å². The molecule has 1 aromatic carbocycles. The monoisotopic (exact) mass is 365 g/mol. The number of thioether (sulfide) groups is 2. The van der Waals surface area contributed by atoms with Gasteiger partial charge in [-0.15, -0.1) is 0 Å². The van der Waals surface area contributed by atoms with E-state index in [2.05, 4.69) is 10.7 Å². The van der Waals surface area contributed by atoms with Crippen molar-refractivity contribution in [2.24, 2.45) is 0 Å². The van der Waals surface area contributed by atoms with E-state index < -0.39 is 5.76 Å². The average Bonchev–Trinajstić information content (AvgIpc) is 2.72. The Balaban J connectivity index is 1.90. The van der Waals surface area contributed by atoms with Gasteiger partial charge in [-0.05, 0) is 36.5 Å². The molecular formula is C11H9F2N3OS4. The first-order valence-electron chi connectivity index (χ1n) is 5.58. The third-order valence-corrected chi connectivity index (χ3v) is 4.57. The number of nitrogens with one attached hydrogen (secondary N) is 2. The molecule has 1 fully saturated rings. The standard InChI is InChI=1S/C11H9F2N3OS4/c12-9(13)21-7-3-1-6(2-4-7)14-10(18)15-16-8(17)5-20-11(16)19/h1-4,9H,5H2,(H2,14,15,18). The molecule has 1 aromatic rings. The van der Waals surface area contributed by atoms with Gasteiger partial charge in [-0.2, -0.15) is 8.78 Å². The van der Waals surface area contributed by atoms with E-state index in [-0.39, 0.29) is 16.8 Å². The minimum atomic E-state index is -2.45. The van der Waals surface area contributed by atoms with Crippen molar-refractivity contribution in [1.82, 2.24) is 10.4 Å². The SMILES string of the molecule is O=C1CSC(=S)N1NC(=S)Nc1ccc(SC(F)F)cc1. The molecule has 0 unspecified atom stereocenters. The number of halogens is 2. The van der Waals surface area contributed by atoms with Gasteiger partial charge in [-0.25, -0.2) is 5.01 Å². The first kappa shape index (κ1) is 16.4. The predicted molar refractivity (Wildman–Crippen MR) is 89.6 cm³/mol. The fourth-order valence-electron chi connectivity index (χ4n) is 1.44. The molecule has 10 heteroatoms. The zero-order valence-electron chi connectivity index (χ0n) is 10.3. The summed E-state index contributed by atoms with van der Waals surface area (Å²) in [4.78, 5) is 12.0. The van der Waals surface area contributed by atoms with Crippen molar-refractivity contribution in [3.05, 3.63) is 24.3 Å². The third kappa shape index (κ3) is 4.77. The molecule has 0 saturated carbocycles. The van der Waals surface area contributed by atoms with Crippen molar-refractivity contribution in [2.45, 2.75) is 10.7 Å². The molecule has 21 heavy (non-hydrogen) atoms. The van der Waals surface area contributed by atoms with E-state index in [9.17, 15) is 13.6 Å². The number of hydrogen-bond acceptors (Lipinski definition) is 5. The van der Waals surface area contributed by atoms with Crippen LogP contribution in [0, 0.1) is 0 Å². The van der Waals surface area contributed by atoms with Crippen molar-refractivity contribution in [1.29, 1.82) is 0 Å². The maximum atomic E-state index is 12.2. The molecule has 1 amide bonds. The lowest BCUT2D eigenvalue weighted by Gasteiger charge is -2.18. The Hall–Kier alpha value is -0.970. The van der Waals surface area contributed by atoms with Gasteiger partial charge in [0.2, 0.25) is 0 Å². The summed E-state index contributed by atoms with van der Waals surface area (Å²) in [5, 5.41) is 4.25. The molecule has 0 bridgehead atoms. The molecular weight excluding hydrogens is 356 g/mol. The summed E-state index contributed by atoms with van der Waals surface area (Å²) >= 11 is 11.8. The van der Waals surface area contributed by atoms with Gasteiger partial charge in [-0.3, -0.25) is 10.2 Å². The number of hydrogen-bond donors (Lipinski definition) is 2. The first-order valence-corrected chi connectivity index (χ1v) is 8.26. The smallest absolute Gasteiger partial charge is 0.288 e. The van der Waals surface area contributed by atoms with Gasteiger partial charge in [0, 0.05) is 10.6 Å². The van der Waals surface area contributed by atoms with Gasteiger partial charge in [0.15, 0.2) is 9.43 Å². The number of nitrogens with zero attached hydrogens (tertiary/aromatic N) is 1. The predicted octanol–water partition coefficient (Wildman–Crippen LogP) is 3.06. The molecule has 0 radical (unpaired) electrons. The number of carbonyl (C=O) groups is 1. The number of benzene rings is 1. The maximum absolute atomic E-state index is 12.2. The number of hydrazine groups is 1. The van der Waals surface area contributed by atoms with Crippen molar-refractivity contribution in [2.75, 3.05) is 11.1 Å². The van der Waals surface area contributed by atoms with Crippen molar-refractivity contribution >= 4 is 69.0 Å². The van der Waals surface area contributed by atoms with Gasteiger partial charge in [0.25, 0.3) is 11.7 Å². The summed E-state index contributed by atoms with van der Waals surface area (Å²) in [6.45, 7) is 0. The first-order chi connectivity index (χ1) is 9.95. The van der Waals surface area contributed by atoms with Crippen LogP contribution < -0.4 is 10.7 Å². The topological polar surface area (TPSA) is 44.4 Å². The molecule has 1 aliphatic rings. The highest BCUT2D eigenvalue weighted by Gasteiger charge is 2.27. The summed E-state index contributed by atoms with van der Waals surface area (Å²) in [6.07, 6.45) is 0. The Morgan fingerprint density at radius 3 is 2.57 bits per heavy atom. The van der Waals surface area contributed by atoms with E-state index in [1.54, 1.807) is 24.3 Å². The molecule has 0 atom stereocenters. The van der Waals surface area contributed by atoms with Gasteiger partial charge < -0.3 is 5.32 Å². The molecule has 4 nitrogen and oxygen atoms in total. The van der Waals surface area contributed by atoms with Gasteiger partial charge in [0.1, 0.15) is 0 Å². The zero-order valence-corrected chi connectivity index (χ0v) is 13.6. The fourth-order valence-corrected chi connectivity index (χ4v) is 3.13. The number of rotatable bonds is 4. The number of anilines is 1. The third-order valence-electron chi connectivity index (χ3n) is 2.30. The minimum absolute atomic E-state index is 0.169. The van der Waals surface area contributed by atoms with Crippen LogP contribution in [0.15, 0.2) is 29.2 Å². The molecule has 0 aliphatic carbocycles. The second-order valence-corrected chi connectivity index (χ2v) is 6.83. The molecule has 0 spiro atoms. The normalized spacial score (nSPS) is 14.7. The number of thiocarbonyl (C=S) groups is 2. The van der Waals surface area contributed by atoms with Crippen LogP contribution in [0.25, 0.3) is 0 Å². The van der Waals surface area contributed by atoms with Crippen LogP contribution in [0.5, 0.6) is 0 Å². The lowest BCUT2D eigenvalue weighted by atomic mass is 10.3. The molecule has 2 N–H and O–H groups in total. The van der Waals surface area contributed by atoms with Crippen LogP contribution in [0.1, 0.15) is 0 Å². The van der Waals surface area contributed by atoms with Gasteiger partial charge >= 0.3 is 0 Å². The van der Waals surface area contributed by atoms with Crippen molar-refractivity contribution in [3.8, 4) is 0 Å². The van der Waals surface area contributed by atoms with Crippen LogP contribution >= 0.6 is 48.0 Å². The van der Waals surface area contributed by atoms with Gasteiger partial charge in [0.05, 0.1) is 5.75 Å².